The Balaban J connectivity index is 0.00000324. The molecular formula is C27H39ClN2O4. The largest absolute Gasteiger partial charge is 0.461 e. The van der Waals surface area contributed by atoms with Crippen molar-refractivity contribution in [3.8, 4) is 0 Å². The van der Waals surface area contributed by atoms with Crippen LogP contribution in [-0.4, -0.2) is 48.7 Å². The lowest BCUT2D eigenvalue weighted by atomic mass is 9.75. The molecule has 2 heterocycles. The van der Waals surface area contributed by atoms with E-state index in [4.69, 9.17) is 9.47 Å². The number of carbonyl (C=O) groups is 2. The van der Waals surface area contributed by atoms with Gasteiger partial charge in [-0.3, -0.25) is 4.79 Å². The van der Waals surface area contributed by atoms with E-state index in [0.29, 0.717) is 56.0 Å². The fraction of sp³-hybridized carbons (Fsp3) is 0.630. The zero-order chi connectivity index (χ0) is 23.2. The Morgan fingerprint density at radius 2 is 1.88 bits per heavy atom. The van der Waals surface area contributed by atoms with Crippen LogP contribution in [0, 0.1) is 11.8 Å². The Labute approximate surface area is 209 Å². The van der Waals surface area contributed by atoms with Crippen LogP contribution in [-0.2, 0) is 27.7 Å². The highest BCUT2D eigenvalue weighted by atomic mass is 35.5. The molecule has 34 heavy (non-hydrogen) atoms. The van der Waals surface area contributed by atoms with Gasteiger partial charge in [0.05, 0.1) is 12.6 Å². The van der Waals surface area contributed by atoms with Crippen LogP contribution < -0.4 is 5.32 Å². The van der Waals surface area contributed by atoms with Gasteiger partial charge in [-0.15, -0.1) is 12.4 Å². The molecule has 0 spiro atoms. The maximum absolute atomic E-state index is 13.2. The Hall–Kier alpha value is -1.89. The monoisotopic (exact) mass is 490 g/mol. The number of nitrogens with zero attached hydrogens (tertiary/aromatic N) is 1. The predicted octanol–water partition coefficient (Wildman–Crippen LogP) is 4.85. The van der Waals surface area contributed by atoms with Crippen LogP contribution in [0.4, 0.5) is 0 Å². The van der Waals surface area contributed by atoms with E-state index in [0.717, 1.165) is 29.4 Å². The number of esters is 1. The Bertz CT molecular complexity index is 967. The van der Waals surface area contributed by atoms with Crippen LogP contribution in [0.25, 0.3) is 10.9 Å². The summed E-state index contributed by atoms with van der Waals surface area (Å²) in [4.78, 5) is 25.8. The van der Waals surface area contributed by atoms with E-state index in [2.05, 4.69) is 5.32 Å². The van der Waals surface area contributed by atoms with E-state index in [9.17, 15) is 9.59 Å². The second-order valence-corrected chi connectivity index (χ2v) is 9.59. The maximum atomic E-state index is 13.2. The molecule has 1 aliphatic heterocycles. The molecule has 188 valence electrons. The van der Waals surface area contributed by atoms with Crippen molar-refractivity contribution >= 4 is 35.1 Å². The molecule has 1 saturated carbocycles. The molecule has 0 bridgehead atoms. The highest BCUT2D eigenvalue weighted by Crippen LogP contribution is 2.36. The molecule has 2 atom stereocenters. The van der Waals surface area contributed by atoms with Gasteiger partial charge < -0.3 is 19.4 Å². The van der Waals surface area contributed by atoms with E-state index < -0.39 is 0 Å². The van der Waals surface area contributed by atoms with Gasteiger partial charge in [-0.1, -0.05) is 38.2 Å². The molecule has 6 nitrogen and oxygen atoms in total. The number of nitrogens with one attached hydrogen (secondary N) is 1. The third-order valence-corrected chi connectivity index (χ3v) is 7.44. The average Bonchev–Trinajstić information content (AvgIpc) is 3.44. The molecule has 2 aromatic rings. The molecule has 0 unspecified atom stereocenters. The molecule has 2 aliphatic rings. The summed E-state index contributed by atoms with van der Waals surface area (Å²) in [6.45, 7) is 4.50. The summed E-state index contributed by atoms with van der Waals surface area (Å²) < 4.78 is 12.6. The van der Waals surface area contributed by atoms with Crippen molar-refractivity contribution < 1.29 is 19.1 Å². The number of carbonyl (C=O) groups excluding carboxylic acids is 2. The first-order chi connectivity index (χ1) is 16.1. The van der Waals surface area contributed by atoms with Gasteiger partial charge in [0.1, 0.15) is 5.69 Å². The van der Waals surface area contributed by atoms with Crippen molar-refractivity contribution in [2.45, 2.75) is 64.3 Å². The van der Waals surface area contributed by atoms with Gasteiger partial charge in [0.2, 0.25) is 0 Å². The van der Waals surface area contributed by atoms with Crippen molar-refractivity contribution in [2.24, 2.45) is 18.9 Å². The normalized spacial score (nSPS) is 20.9. The van der Waals surface area contributed by atoms with Crippen LogP contribution >= 0.6 is 12.4 Å². The molecular weight excluding hydrogens is 452 g/mol. The van der Waals surface area contributed by atoms with Gasteiger partial charge in [-0.2, -0.15) is 0 Å². The van der Waals surface area contributed by atoms with E-state index in [1.165, 1.54) is 32.1 Å². The number of fused-ring (bicyclic) bond motifs is 1. The lowest BCUT2D eigenvalue weighted by Crippen LogP contribution is -2.40. The van der Waals surface area contributed by atoms with E-state index in [-0.39, 0.29) is 24.4 Å². The smallest absolute Gasteiger partial charge is 0.354 e. The zero-order valence-electron chi connectivity index (χ0n) is 20.5. The Kier molecular flexibility index (Phi) is 9.98. The number of benzene rings is 1. The SMILES string of the molecule is CCOCCCOC(=O)c1cc2cc(CC(=O)[C@H]3NCC[C@H]3C3CCCCC3)ccc2n1C.Cl. The topological polar surface area (TPSA) is 69.6 Å². The van der Waals surface area contributed by atoms with Gasteiger partial charge in [0, 0.05) is 44.0 Å². The second kappa shape index (κ2) is 12.7. The Morgan fingerprint density at radius 1 is 1.09 bits per heavy atom. The molecule has 1 aliphatic carbocycles. The summed E-state index contributed by atoms with van der Waals surface area (Å²) in [7, 11) is 1.88. The third kappa shape index (κ3) is 6.21. The molecule has 2 fully saturated rings. The Morgan fingerprint density at radius 3 is 2.65 bits per heavy atom. The van der Waals surface area contributed by atoms with Crippen LogP contribution in [0.15, 0.2) is 24.3 Å². The maximum Gasteiger partial charge on any atom is 0.354 e. The summed E-state index contributed by atoms with van der Waals surface area (Å²) in [5.41, 5.74) is 2.50. The van der Waals surface area contributed by atoms with Crippen molar-refractivity contribution in [3.63, 3.8) is 0 Å². The molecule has 1 saturated heterocycles. The number of halogens is 1. The van der Waals surface area contributed by atoms with Gasteiger partial charge in [-0.05, 0) is 55.5 Å². The first-order valence-corrected chi connectivity index (χ1v) is 12.7. The minimum Gasteiger partial charge on any atom is -0.461 e. The number of Topliss-reactive ketones (excluding diaryl/α,β-unsaturated/α-hetero) is 1. The first-order valence-electron chi connectivity index (χ1n) is 12.7. The number of hydrogen-bond acceptors (Lipinski definition) is 5. The van der Waals surface area contributed by atoms with Gasteiger partial charge >= 0.3 is 5.97 Å². The van der Waals surface area contributed by atoms with Gasteiger partial charge in [0.25, 0.3) is 0 Å². The molecule has 1 aromatic carbocycles. The predicted molar refractivity (Wildman–Crippen MR) is 137 cm³/mol. The molecule has 0 amide bonds. The molecule has 1 N–H and O–H groups in total. The number of aryl methyl sites for hydroxylation is 1. The highest BCUT2D eigenvalue weighted by molar-refractivity contribution is 5.96. The fourth-order valence-corrected chi connectivity index (χ4v) is 5.71. The third-order valence-electron chi connectivity index (χ3n) is 7.44. The van der Waals surface area contributed by atoms with Crippen LogP contribution in [0.2, 0.25) is 0 Å². The van der Waals surface area contributed by atoms with Crippen molar-refractivity contribution in [2.75, 3.05) is 26.4 Å². The minimum atomic E-state index is -0.326. The molecule has 7 heteroatoms. The molecule has 1 aromatic heterocycles. The average molecular weight is 491 g/mol. The minimum absolute atomic E-state index is 0. The summed E-state index contributed by atoms with van der Waals surface area (Å²) in [5, 5.41) is 4.46. The molecule has 0 radical (unpaired) electrons. The van der Waals surface area contributed by atoms with Crippen LogP contribution in [0.1, 0.15) is 67.9 Å². The summed E-state index contributed by atoms with van der Waals surface area (Å²) in [5.74, 6) is 1.16. The van der Waals surface area contributed by atoms with Crippen molar-refractivity contribution in [1.29, 1.82) is 0 Å². The van der Waals surface area contributed by atoms with E-state index in [1.807, 2.05) is 42.8 Å². The van der Waals surface area contributed by atoms with Crippen LogP contribution in [0.5, 0.6) is 0 Å². The van der Waals surface area contributed by atoms with E-state index in [1.54, 1.807) is 0 Å². The molecule has 4 rings (SSSR count). The second-order valence-electron chi connectivity index (χ2n) is 9.59. The standard InChI is InChI=1S/C27H38N2O4.ClH/c1-3-32-14-7-15-33-27(31)24-18-21-16-19(10-11-23(21)29(24)2)17-25(30)26-22(12-13-28-26)20-8-5-4-6-9-20;/h10-11,16,18,20,22,26,28H,3-9,12-15,17H2,1-2H3;1H/t22-,26-;/m0./s1. The fourth-order valence-electron chi connectivity index (χ4n) is 5.71. The number of aromatic nitrogens is 1. The number of ketones is 1. The summed E-state index contributed by atoms with van der Waals surface area (Å²) in [6, 6.07) is 7.92. The summed E-state index contributed by atoms with van der Waals surface area (Å²) in [6.07, 6.45) is 8.75. The first kappa shape index (κ1) is 26.7. The zero-order valence-corrected chi connectivity index (χ0v) is 21.3. The van der Waals surface area contributed by atoms with Crippen LogP contribution in [0.3, 0.4) is 0 Å². The lowest BCUT2D eigenvalue weighted by Gasteiger charge is -2.30. The number of hydrogen-bond donors (Lipinski definition) is 1. The summed E-state index contributed by atoms with van der Waals surface area (Å²) >= 11 is 0. The lowest BCUT2D eigenvalue weighted by molar-refractivity contribution is -0.121. The van der Waals surface area contributed by atoms with E-state index >= 15 is 0 Å². The highest BCUT2D eigenvalue weighted by Gasteiger charge is 2.37. The van der Waals surface area contributed by atoms with Gasteiger partial charge in [0.15, 0.2) is 5.78 Å². The number of ether oxygens (including phenoxy) is 2. The van der Waals surface area contributed by atoms with Crippen molar-refractivity contribution in [3.05, 3.63) is 35.5 Å². The van der Waals surface area contributed by atoms with Crippen molar-refractivity contribution in [1.82, 2.24) is 9.88 Å². The van der Waals surface area contributed by atoms with Gasteiger partial charge in [-0.25, -0.2) is 4.79 Å². The quantitative estimate of drug-likeness (QED) is 0.380. The number of rotatable bonds is 10.